The van der Waals surface area contributed by atoms with E-state index in [2.05, 4.69) is 24.1 Å². The summed E-state index contributed by atoms with van der Waals surface area (Å²) in [5.41, 5.74) is 3.36. The molecule has 4 rings (SSSR count). The first-order valence-corrected chi connectivity index (χ1v) is 11.1. The Morgan fingerprint density at radius 2 is 1.84 bits per heavy atom. The molecule has 1 saturated heterocycles. The average Bonchev–Trinajstić information content (AvgIpc) is 2.73. The molecule has 0 spiro atoms. The molecule has 168 valence electrons. The van der Waals surface area contributed by atoms with Crippen LogP contribution < -0.4 is 15.6 Å². The average molecular weight is 435 g/mol. The van der Waals surface area contributed by atoms with E-state index in [0.717, 1.165) is 37.1 Å². The quantitative estimate of drug-likeness (QED) is 0.544. The van der Waals surface area contributed by atoms with Crippen LogP contribution in [0.3, 0.4) is 0 Å². The number of rotatable bonds is 5. The second-order valence-electron chi connectivity index (χ2n) is 9.49. The van der Waals surface area contributed by atoms with Crippen molar-refractivity contribution in [2.45, 2.75) is 46.6 Å². The zero-order chi connectivity index (χ0) is 23.0. The summed E-state index contributed by atoms with van der Waals surface area (Å²) in [7, 11) is 0. The van der Waals surface area contributed by atoms with E-state index in [0.29, 0.717) is 28.0 Å². The summed E-state index contributed by atoms with van der Waals surface area (Å²) in [6, 6.07) is 11.9. The van der Waals surface area contributed by atoms with E-state index in [9.17, 15) is 14.7 Å². The van der Waals surface area contributed by atoms with Gasteiger partial charge in [-0.25, -0.2) is 4.79 Å². The third kappa shape index (κ3) is 4.22. The first-order valence-electron chi connectivity index (χ1n) is 11.1. The number of carbonyl (C=O) groups is 1. The molecule has 1 fully saturated rings. The Labute approximate surface area is 187 Å². The van der Waals surface area contributed by atoms with Gasteiger partial charge in [-0.1, -0.05) is 32.0 Å². The number of fused-ring (bicyclic) bond motifs is 1. The molecule has 2 heterocycles. The summed E-state index contributed by atoms with van der Waals surface area (Å²) in [4.78, 5) is 26.7. The number of nitrogens with one attached hydrogen (secondary N) is 1. The van der Waals surface area contributed by atoms with Crippen molar-refractivity contribution < 1.29 is 14.3 Å². The van der Waals surface area contributed by atoms with E-state index in [1.807, 2.05) is 19.9 Å². The van der Waals surface area contributed by atoms with Gasteiger partial charge in [-0.15, -0.1) is 0 Å². The van der Waals surface area contributed by atoms with Gasteiger partial charge in [0.25, 0.3) is 0 Å². The molecule has 1 aliphatic heterocycles. The first-order chi connectivity index (χ1) is 15.2. The number of benzene rings is 2. The molecule has 32 heavy (non-hydrogen) atoms. The summed E-state index contributed by atoms with van der Waals surface area (Å²) in [5.74, 6) is -0.389. The summed E-state index contributed by atoms with van der Waals surface area (Å²) in [5, 5.41) is 13.4. The van der Waals surface area contributed by atoms with Crippen molar-refractivity contribution in [1.29, 1.82) is 0 Å². The number of piperidine rings is 1. The van der Waals surface area contributed by atoms with Crippen LogP contribution in [-0.4, -0.2) is 24.2 Å². The molecule has 2 N–H and O–H groups in total. The highest BCUT2D eigenvalue weighted by molar-refractivity contribution is 5.94. The molecule has 0 unspecified atom stereocenters. The molecule has 6 heteroatoms. The summed E-state index contributed by atoms with van der Waals surface area (Å²) >= 11 is 0. The number of carboxylic acid groups (broad SMARTS) is 1. The predicted molar refractivity (Wildman–Crippen MR) is 128 cm³/mol. The van der Waals surface area contributed by atoms with Gasteiger partial charge in [0.2, 0.25) is 0 Å². The van der Waals surface area contributed by atoms with Crippen molar-refractivity contribution in [3.63, 3.8) is 0 Å². The molecule has 3 aromatic rings. The topological polar surface area (TPSA) is 82.8 Å². The van der Waals surface area contributed by atoms with Crippen LogP contribution in [0.15, 0.2) is 51.7 Å². The number of anilines is 2. The minimum Gasteiger partial charge on any atom is -0.478 e. The van der Waals surface area contributed by atoms with Crippen molar-refractivity contribution in [2.75, 3.05) is 23.3 Å². The van der Waals surface area contributed by atoms with Crippen LogP contribution in [0.5, 0.6) is 0 Å². The molecule has 6 nitrogen and oxygen atoms in total. The van der Waals surface area contributed by atoms with E-state index in [-0.39, 0.29) is 17.0 Å². The number of aromatic carboxylic acids is 1. The fourth-order valence-electron chi connectivity index (χ4n) is 4.45. The molecular weight excluding hydrogens is 404 g/mol. The number of para-hydroxylation sites is 1. The first kappa shape index (κ1) is 21.9. The monoisotopic (exact) mass is 434 g/mol. The van der Waals surface area contributed by atoms with Crippen LogP contribution in [-0.2, 0) is 0 Å². The highest BCUT2D eigenvalue weighted by Gasteiger charge is 2.27. The number of hydrogen-bond acceptors (Lipinski definition) is 5. The zero-order valence-corrected chi connectivity index (χ0v) is 19.1. The Kier molecular flexibility index (Phi) is 5.71. The number of hydrogen-bond donors (Lipinski definition) is 2. The molecule has 0 amide bonds. The zero-order valence-electron chi connectivity index (χ0n) is 19.1. The molecule has 0 radical (unpaired) electrons. The number of aryl methyl sites for hydroxylation is 1. The second kappa shape index (κ2) is 8.34. The van der Waals surface area contributed by atoms with Gasteiger partial charge in [0.05, 0.1) is 17.0 Å². The highest BCUT2D eigenvalue weighted by Crippen LogP contribution is 2.35. The standard InChI is InChI=1S/C26H30N2O4/c1-16-9-10-19-21(29)15-22(28-13-11-26(3,4)12-14-28)32-24(19)23(16)17(2)27-20-8-6-5-7-18(20)25(30)31/h5-10,15,17,27H,11-14H2,1-4H3,(H,30,31)/t17-/m1/s1. The summed E-state index contributed by atoms with van der Waals surface area (Å²) < 4.78 is 6.37. The lowest BCUT2D eigenvalue weighted by Crippen LogP contribution is -2.37. The Morgan fingerprint density at radius 1 is 1.16 bits per heavy atom. The fraction of sp³-hybridized carbons (Fsp3) is 0.385. The molecule has 2 aromatic carbocycles. The van der Waals surface area contributed by atoms with Crippen molar-refractivity contribution in [3.8, 4) is 0 Å². The Hall–Kier alpha value is -3.28. The van der Waals surface area contributed by atoms with Crippen LogP contribution in [0.4, 0.5) is 11.6 Å². The van der Waals surface area contributed by atoms with Crippen molar-refractivity contribution >= 4 is 28.5 Å². The van der Waals surface area contributed by atoms with Crippen molar-refractivity contribution in [2.24, 2.45) is 5.41 Å². The second-order valence-corrected chi connectivity index (χ2v) is 9.49. The summed E-state index contributed by atoms with van der Waals surface area (Å²) in [6.45, 7) is 10.2. The molecular formula is C26H30N2O4. The van der Waals surface area contributed by atoms with Gasteiger partial charge in [0, 0.05) is 30.4 Å². The lowest BCUT2D eigenvalue weighted by atomic mass is 9.83. The van der Waals surface area contributed by atoms with E-state index in [4.69, 9.17) is 4.42 Å². The maximum atomic E-state index is 13.0. The highest BCUT2D eigenvalue weighted by atomic mass is 16.4. The van der Waals surface area contributed by atoms with Gasteiger partial charge >= 0.3 is 5.97 Å². The minimum atomic E-state index is -0.989. The van der Waals surface area contributed by atoms with Gasteiger partial charge in [-0.2, -0.15) is 0 Å². The van der Waals surface area contributed by atoms with Gasteiger partial charge in [-0.05, 0) is 55.9 Å². The van der Waals surface area contributed by atoms with Crippen molar-refractivity contribution in [3.05, 3.63) is 69.4 Å². The lowest BCUT2D eigenvalue weighted by molar-refractivity contribution is 0.0698. The molecule has 1 aromatic heterocycles. The smallest absolute Gasteiger partial charge is 0.337 e. The van der Waals surface area contributed by atoms with Gasteiger partial charge in [0.15, 0.2) is 11.3 Å². The van der Waals surface area contributed by atoms with E-state index < -0.39 is 5.97 Å². The Bertz CT molecular complexity index is 1220. The maximum Gasteiger partial charge on any atom is 0.337 e. The van der Waals surface area contributed by atoms with Crippen LogP contribution in [0.25, 0.3) is 11.0 Å². The fourth-order valence-corrected chi connectivity index (χ4v) is 4.45. The van der Waals surface area contributed by atoms with Crippen LogP contribution in [0.2, 0.25) is 0 Å². The molecule has 1 aliphatic rings. The largest absolute Gasteiger partial charge is 0.478 e. The van der Waals surface area contributed by atoms with Crippen LogP contribution >= 0.6 is 0 Å². The molecule has 0 saturated carbocycles. The molecule has 1 atom stereocenters. The van der Waals surface area contributed by atoms with Gasteiger partial charge in [-0.3, -0.25) is 4.79 Å². The maximum absolute atomic E-state index is 13.0. The SMILES string of the molecule is Cc1ccc2c(=O)cc(N3CCC(C)(C)CC3)oc2c1[C@@H](C)Nc1ccccc1C(=O)O. The number of nitrogens with zero attached hydrogens (tertiary/aromatic N) is 1. The van der Waals surface area contributed by atoms with Crippen molar-refractivity contribution in [1.82, 2.24) is 0 Å². The van der Waals surface area contributed by atoms with Crippen LogP contribution in [0.1, 0.15) is 61.1 Å². The van der Waals surface area contributed by atoms with Crippen LogP contribution in [0, 0.1) is 12.3 Å². The van der Waals surface area contributed by atoms with Gasteiger partial charge < -0.3 is 19.7 Å². The summed E-state index contributed by atoms with van der Waals surface area (Å²) in [6.07, 6.45) is 2.08. The lowest BCUT2D eigenvalue weighted by Gasteiger charge is -2.37. The Morgan fingerprint density at radius 3 is 2.53 bits per heavy atom. The minimum absolute atomic E-state index is 0.0644. The predicted octanol–water partition coefficient (Wildman–Crippen LogP) is 5.60. The van der Waals surface area contributed by atoms with E-state index in [1.165, 1.54) is 0 Å². The third-order valence-electron chi connectivity index (χ3n) is 6.53. The third-order valence-corrected chi connectivity index (χ3v) is 6.53. The van der Waals surface area contributed by atoms with Gasteiger partial charge in [0.1, 0.15) is 5.58 Å². The number of carboxylic acids is 1. The Balaban J connectivity index is 1.76. The van der Waals surface area contributed by atoms with E-state index >= 15 is 0 Å². The molecule has 0 aliphatic carbocycles. The van der Waals surface area contributed by atoms with E-state index in [1.54, 1.807) is 36.4 Å². The molecule has 0 bridgehead atoms. The normalized spacial score (nSPS) is 16.7.